The van der Waals surface area contributed by atoms with Crippen molar-refractivity contribution in [2.24, 2.45) is 29.1 Å². The molecule has 4 nitrogen and oxygen atoms in total. The van der Waals surface area contributed by atoms with Crippen LogP contribution in [-0.2, 0) is 14.3 Å². The summed E-state index contributed by atoms with van der Waals surface area (Å²) in [4.78, 5) is 12.5. The van der Waals surface area contributed by atoms with Gasteiger partial charge in [0.1, 0.15) is 6.10 Å². The Labute approximate surface area is 177 Å². The van der Waals surface area contributed by atoms with Gasteiger partial charge in [0.05, 0.1) is 18.1 Å². The minimum atomic E-state index is -5.84. The van der Waals surface area contributed by atoms with Gasteiger partial charge in [0.25, 0.3) is 5.60 Å². The van der Waals surface area contributed by atoms with Crippen LogP contribution in [0.4, 0.5) is 26.3 Å². The molecule has 3 fully saturated rings. The second-order valence-electron chi connectivity index (χ2n) is 9.91. The largest absolute Gasteiger partial charge is 0.462 e. The number of fused-ring (bicyclic) bond motifs is 5. The van der Waals surface area contributed by atoms with Crippen LogP contribution in [0.1, 0.15) is 59.3 Å². The molecular weight excluding hydrogens is 430 g/mol. The minimum absolute atomic E-state index is 0.0180. The number of carbonyl (C=O) groups is 1. The van der Waals surface area contributed by atoms with Crippen molar-refractivity contribution in [2.45, 2.75) is 89.5 Å². The molecule has 180 valence electrons. The summed E-state index contributed by atoms with van der Waals surface area (Å²) in [6, 6.07) is 0. The second kappa shape index (κ2) is 8.08. The van der Waals surface area contributed by atoms with Crippen molar-refractivity contribution in [3.05, 3.63) is 0 Å². The zero-order valence-electron chi connectivity index (χ0n) is 17.9. The summed E-state index contributed by atoms with van der Waals surface area (Å²) in [5.41, 5.74) is -5.41. The molecular formula is C21H30F6O4. The first-order chi connectivity index (χ1) is 14.1. The normalized spacial score (nSPS) is 33.6. The highest BCUT2D eigenvalue weighted by Gasteiger charge is 2.70. The molecule has 0 aromatic rings. The Kier molecular flexibility index (Phi) is 6.41. The Bertz CT molecular complexity index is 660. The third-order valence-corrected chi connectivity index (χ3v) is 7.82. The van der Waals surface area contributed by atoms with Gasteiger partial charge in [-0.2, -0.15) is 26.3 Å². The summed E-state index contributed by atoms with van der Waals surface area (Å²) >= 11 is 0. The summed E-state index contributed by atoms with van der Waals surface area (Å²) in [5, 5.41) is 9.29. The quantitative estimate of drug-likeness (QED) is 0.428. The molecule has 0 aliphatic heterocycles. The van der Waals surface area contributed by atoms with E-state index in [-0.39, 0.29) is 29.8 Å². The molecule has 3 saturated carbocycles. The van der Waals surface area contributed by atoms with Crippen molar-refractivity contribution >= 4 is 5.97 Å². The van der Waals surface area contributed by atoms with Crippen LogP contribution in [0.15, 0.2) is 0 Å². The first-order valence-electron chi connectivity index (χ1n) is 10.8. The van der Waals surface area contributed by atoms with Crippen LogP contribution >= 0.6 is 0 Å². The third kappa shape index (κ3) is 4.30. The zero-order chi connectivity index (χ0) is 23.4. The summed E-state index contributed by atoms with van der Waals surface area (Å²) < 4.78 is 88.4. The molecule has 3 rings (SSSR count). The Balaban J connectivity index is 1.62. The molecule has 0 radical (unpaired) electrons. The molecule has 6 unspecified atom stereocenters. The lowest BCUT2D eigenvalue weighted by Crippen LogP contribution is -2.57. The van der Waals surface area contributed by atoms with Crippen LogP contribution < -0.4 is 0 Å². The van der Waals surface area contributed by atoms with Crippen LogP contribution in [-0.4, -0.2) is 47.8 Å². The number of rotatable bonds is 7. The third-order valence-electron chi connectivity index (χ3n) is 7.82. The number of hydrogen-bond donors (Lipinski definition) is 1. The van der Waals surface area contributed by atoms with Crippen molar-refractivity contribution < 1.29 is 45.7 Å². The fraction of sp³-hybridized carbons (Fsp3) is 0.952. The van der Waals surface area contributed by atoms with Crippen molar-refractivity contribution in [3.8, 4) is 0 Å². The van der Waals surface area contributed by atoms with Gasteiger partial charge in [-0.1, -0.05) is 6.92 Å². The van der Waals surface area contributed by atoms with E-state index in [0.29, 0.717) is 25.2 Å². The van der Waals surface area contributed by atoms with Crippen LogP contribution in [0, 0.1) is 29.1 Å². The van der Waals surface area contributed by atoms with Crippen molar-refractivity contribution in [3.63, 3.8) is 0 Å². The molecule has 10 heteroatoms. The van der Waals surface area contributed by atoms with Gasteiger partial charge in [-0.3, -0.25) is 4.79 Å². The Morgan fingerprint density at radius 1 is 0.968 bits per heavy atom. The van der Waals surface area contributed by atoms with E-state index in [1.54, 1.807) is 13.8 Å². The highest BCUT2D eigenvalue weighted by atomic mass is 19.4. The first-order valence-corrected chi connectivity index (χ1v) is 10.8. The van der Waals surface area contributed by atoms with E-state index in [1.165, 1.54) is 0 Å². The lowest BCUT2D eigenvalue weighted by molar-refractivity contribution is -0.372. The van der Waals surface area contributed by atoms with Gasteiger partial charge in [0.2, 0.25) is 0 Å². The van der Waals surface area contributed by atoms with Crippen LogP contribution in [0.3, 0.4) is 0 Å². The summed E-state index contributed by atoms with van der Waals surface area (Å²) in [6.07, 6.45) is -10.5. The first kappa shape index (κ1) is 24.6. The lowest BCUT2D eigenvalue weighted by Gasteiger charge is -2.36. The number of carbonyl (C=O) groups excluding carboxylic acids is 1. The highest BCUT2D eigenvalue weighted by molar-refractivity contribution is 5.76. The van der Waals surface area contributed by atoms with Gasteiger partial charge >= 0.3 is 18.3 Å². The van der Waals surface area contributed by atoms with Gasteiger partial charge in [0.15, 0.2) is 0 Å². The van der Waals surface area contributed by atoms with Crippen LogP contribution in [0.2, 0.25) is 0 Å². The van der Waals surface area contributed by atoms with Crippen molar-refractivity contribution in [1.82, 2.24) is 0 Å². The topological polar surface area (TPSA) is 55.8 Å². The van der Waals surface area contributed by atoms with E-state index in [4.69, 9.17) is 9.47 Å². The molecule has 0 amide bonds. The number of ether oxygens (including phenoxy) is 2. The Morgan fingerprint density at radius 3 is 2.13 bits per heavy atom. The number of aliphatic hydroxyl groups is 1. The van der Waals surface area contributed by atoms with Crippen LogP contribution in [0.5, 0.6) is 0 Å². The Morgan fingerprint density at radius 2 is 1.58 bits per heavy atom. The van der Waals surface area contributed by atoms with Gasteiger partial charge in [-0.15, -0.1) is 0 Å². The molecule has 0 saturated heterocycles. The maximum absolute atomic E-state index is 12.9. The average Bonchev–Trinajstić information content (AvgIpc) is 3.32. The van der Waals surface area contributed by atoms with E-state index in [1.807, 2.05) is 6.92 Å². The summed E-state index contributed by atoms with van der Waals surface area (Å²) in [5.74, 6) is 0.275. The van der Waals surface area contributed by atoms with Gasteiger partial charge < -0.3 is 14.6 Å². The van der Waals surface area contributed by atoms with Crippen LogP contribution in [0.25, 0.3) is 0 Å². The Hall–Kier alpha value is -1.03. The molecule has 0 spiro atoms. The fourth-order valence-corrected chi connectivity index (χ4v) is 5.56. The number of esters is 1. The molecule has 3 aliphatic carbocycles. The van der Waals surface area contributed by atoms with E-state index in [9.17, 15) is 36.2 Å². The fourth-order valence-electron chi connectivity index (χ4n) is 5.56. The monoisotopic (exact) mass is 460 g/mol. The maximum Gasteiger partial charge on any atom is 0.426 e. The SMILES string of the molecule is CCC(C)(C)C(=O)OC1CCC2C3CC(OCCC(O)(C(F)(F)F)C(F)(F)F)C(C3)C12. The summed E-state index contributed by atoms with van der Waals surface area (Å²) in [6.45, 7) is 4.64. The predicted molar refractivity (Wildman–Crippen MR) is 97.8 cm³/mol. The molecule has 0 aromatic carbocycles. The molecule has 31 heavy (non-hydrogen) atoms. The zero-order valence-corrected chi connectivity index (χ0v) is 17.9. The van der Waals surface area contributed by atoms with Gasteiger partial charge in [-0.25, -0.2) is 0 Å². The molecule has 0 heterocycles. The predicted octanol–water partition coefficient (Wildman–Crippen LogP) is 5.03. The average molecular weight is 460 g/mol. The standard InChI is InChI=1S/C21H30F6O4/c1-4-18(2,3)17(28)31-14-6-5-12-11-9-13(16(12)14)15(10-11)30-8-7-19(29,20(22,23)24)21(25,26)27/h11-16,29H,4-10H2,1-3H3. The van der Waals surface area contributed by atoms with Gasteiger partial charge in [-0.05, 0) is 63.7 Å². The maximum atomic E-state index is 12.9. The molecule has 0 aromatic heterocycles. The van der Waals surface area contributed by atoms with Gasteiger partial charge in [0, 0.05) is 12.3 Å². The molecule has 2 bridgehead atoms. The molecule has 3 aliphatic rings. The highest BCUT2D eigenvalue weighted by Crippen LogP contribution is 2.60. The van der Waals surface area contributed by atoms with E-state index in [2.05, 4.69) is 0 Å². The minimum Gasteiger partial charge on any atom is -0.462 e. The van der Waals surface area contributed by atoms with E-state index < -0.39 is 42.5 Å². The number of halogens is 6. The number of alkyl halides is 6. The smallest absolute Gasteiger partial charge is 0.426 e. The van der Waals surface area contributed by atoms with Crippen molar-refractivity contribution in [1.29, 1.82) is 0 Å². The van der Waals surface area contributed by atoms with Crippen molar-refractivity contribution in [2.75, 3.05) is 6.61 Å². The molecule has 6 atom stereocenters. The molecule has 1 N–H and O–H groups in total. The lowest BCUT2D eigenvalue weighted by atomic mass is 9.79. The summed E-state index contributed by atoms with van der Waals surface area (Å²) in [7, 11) is 0. The second-order valence-corrected chi connectivity index (χ2v) is 9.91. The van der Waals surface area contributed by atoms with E-state index in [0.717, 1.165) is 12.8 Å². The number of hydrogen-bond acceptors (Lipinski definition) is 4. The van der Waals surface area contributed by atoms with E-state index >= 15 is 0 Å².